The smallest absolute Gasteiger partial charge is 0.107 e. The lowest BCUT2D eigenvalue weighted by Gasteiger charge is -2.36. The highest BCUT2D eigenvalue weighted by molar-refractivity contribution is 5.05. The highest BCUT2D eigenvalue weighted by Crippen LogP contribution is 2.34. The van der Waals surface area contributed by atoms with Crippen LogP contribution in [0.1, 0.15) is 26.7 Å². The Morgan fingerprint density at radius 1 is 1.54 bits per heavy atom. The summed E-state index contributed by atoms with van der Waals surface area (Å²) in [4.78, 5) is 0. The monoisotopic (exact) mass is 183 g/mol. The Kier molecular flexibility index (Phi) is 3.29. The van der Waals surface area contributed by atoms with Crippen LogP contribution >= 0.6 is 0 Å². The van der Waals surface area contributed by atoms with Crippen molar-refractivity contribution in [1.82, 2.24) is 0 Å². The van der Waals surface area contributed by atoms with Crippen molar-refractivity contribution in [3.05, 3.63) is 0 Å². The second kappa shape index (κ2) is 4.08. The molecule has 1 fully saturated rings. The Morgan fingerprint density at radius 3 is 2.62 bits per heavy atom. The quantitative estimate of drug-likeness (QED) is 0.702. The third-order valence-electron chi connectivity index (χ3n) is 2.69. The fourth-order valence-electron chi connectivity index (χ4n) is 1.84. The Labute approximate surface area is 79.3 Å². The molecule has 0 amide bonds. The average Bonchev–Trinajstić information content (AvgIpc) is 2.17. The third-order valence-corrected chi connectivity index (χ3v) is 2.69. The summed E-state index contributed by atoms with van der Waals surface area (Å²) in [6.07, 6.45) is 1.05. The van der Waals surface area contributed by atoms with Crippen LogP contribution in [-0.4, -0.2) is 24.4 Å². The molecule has 1 heterocycles. The predicted octanol–water partition coefficient (Wildman–Crippen LogP) is 1.32. The van der Waals surface area contributed by atoms with E-state index in [0.29, 0.717) is 13.2 Å². The summed E-state index contributed by atoms with van der Waals surface area (Å²) in [6, 6.07) is 2.22. The molecule has 1 aliphatic rings. The van der Waals surface area contributed by atoms with Crippen LogP contribution in [0.25, 0.3) is 0 Å². The fraction of sp³-hybridized carbons (Fsp3) is 0.900. The van der Waals surface area contributed by atoms with Gasteiger partial charge in [0.15, 0.2) is 0 Å². The maximum absolute atomic E-state index is 9.90. The molecule has 2 unspecified atom stereocenters. The normalized spacial score (nSPS) is 31.3. The van der Waals surface area contributed by atoms with E-state index in [1.165, 1.54) is 0 Å². The van der Waals surface area contributed by atoms with Crippen LogP contribution in [0.2, 0.25) is 0 Å². The summed E-state index contributed by atoms with van der Waals surface area (Å²) in [6.45, 7) is 4.95. The minimum absolute atomic E-state index is 0.112. The number of rotatable bonds is 2. The van der Waals surface area contributed by atoms with Crippen molar-refractivity contribution in [2.24, 2.45) is 11.3 Å². The molecule has 0 bridgehead atoms. The zero-order chi connectivity index (χ0) is 9.90. The molecular weight excluding hydrogens is 166 g/mol. The Hall–Kier alpha value is -0.590. The van der Waals surface area contributed by atoms with Crippen LogP contribution in [0.3, 0.4) is 0 Å². The molecule has 1 aliphatic heterocycles. The highest BCUT2D eigenvalue weighted by Gasteiger charge is 2.41. The Bertz CT molecular complexity index is 201. The van der Waals surface area contributed by atoms with Crippen LogP contribution < -0.4 is 0 Å². The van der Waals surface area contributed by atoms with Gasteiger partial charge in [0.25, 0.3) is 0 Å². The largest absolute Gasteiger partial charge is 0.391 e. The topological polar surface area (TPSA) is 53.2 Å². The lowest BCUT2D eigenvalue weighted by Crippen LogP contribution is -2.43. The SMILES string of the molecule is CC(C)C(O)C1(C#N)CCCOC1. The molecule has 3 nitrogen and oxygen atoms in total. The van der Waals surface area contributed by atoms with Crippen molar-refractivity contribution >= 4 is 0 Å². The number of hydrogen-bond acceptors (Lipinski definition) is 3. The first kappa shape index (κ1) is 10.5. The number of nitrogens with zero attached hydrogens (tertiary/aromatic N) is 1. The lowest BCUT2D eigenvalue weighted by molar-refractivity contribution is -0.0659. The molecule has 1 saturated heterocycles. The van der Waals surface area contributed by atoms with Crippen LogP contribution in [0.15, 0.2) is 0 Å². The number of hydrogen-bond donors (Lipinski definition) is 1. The van der Waals surface area contributed by atoms with Crippen molar-refractivity contribution in [2.45, 2.75) is 32.8 Å². The first-order valence-corrected chi connectivity index (χ1v) is 4.79. The summed E-state index contributed by atoms with van der Waals surface area (Å²) in [5.74, 6) is 0.112. The number of nitriles is 1. The molecule has 0 spiro atoms. The van der Waals surface area contributed by atoms with Crippen LogP contribution in [0.5, 0.6) is 0 Å². The number of aliphatic hydroxyl groups excluding tert-OH is 1. The predicted molar refractivity (Wildman–Crippen MR) is 48.9 cm³/mol. The van der Waals surface area contributed by atoms with Crippen LogP contribution in [0, 0.1) is 22.7 Å². The minimum atomic E-state index is -0.660. The van der Waals surface area contributed by atoms with E-state index in [0.717, 1.165) is 12.8 Å². The average molecular weight is 183 g/mol. The van der Waals surface area contributed by atoms with Gasteiger partial charge in [-0.1, -0.05) is 13.8 Å². The molecular formula is C10H17NO2. The van der Waals surface area contributed by atoms with E-state index >= 15 is 0 Å². The van der Waals surface area contributed by atoms with Crippen molar-refractivity contribution in [3.63, 3.8) is 0 Å². The minimum Gasteiger partial charge on any atom is -0.391 e. The molecule has 0 saturated carbocycles. The van der Waals surface area contributed by atoms with Gasteiger partial charge in [-0.05, 0) is 18.8 Å². The zero-order valence-electron chi connectivity index (χ0n) is 8.29. The Balaban J connectivity index is 2.74. The van der Waals surface area contributed by atoms with E-state index in [2.05, 4.69) is 6.07 Å². The summed E-state index contributed by atoms with van der Waals surface area (Å²) in [5, 5.41) is 19.0. The van der Waals surface area contributed by atoms with E-state index in [1.807, 2.05) is 13.8 Å². The molecule has 0 aromatic heterocycles. The zero-order valence-corrected chi connectivity index (χ0v) is 8.29. The van der Waals surface area contributed by atoms with E-state index in [1.54, 1.807) is 0 Å². The van der Waals surface area contributed by atoms with Crippen molar-refractivity contribution in [2.75, 3.05) is 13.2 Å². The number of ether oxygens (including phenoxy) is 1. The third kappa shape index (κ3) is 2.01. The van der Waals surface area contributed by atoms with Gasteiger partial charge in [-0.15, -0.1) is 0 Å². The maximum atomic E-state index is 9.90. The van der Waals surface area contributed by atoms with E-state index in [-0.39, 0.29) is 5.92 Å². The number of aliphatic hydroxyl groups is 1. The fourth-order valence-corrected chi connectivity index (χ4v) is 1.84. The van der Waals surface area contributed by atoms with Gasteiger partial charge < -0.3 is 9.84 Å². The van der Waals surface area contributed by atoms with Gasteiger partial charge >= 0.3 is 0 Å². The highest BCUT2D eigenvalue weighted by atomic mass is 16.5. The van der Waals surface area contributed by atoms with E-state index in [9.17, 15) is 5.11 Å². The van der Waals surface area contributed by atoms with Gasteiger partial charge in [0, 0.05) is 6.61 Å². The summed E-state index contributed by atoms with van der Waals surface area (Å²) < 4.78 is 5.27. The standard InChI is InChI=1S/C10H17NO2/c1-8(2)9(12)10(6-11)4-3-5-13-7-10/h8-9,12H,3-5,7H2,1-2H3. The van der Waals surface area contributed by atoms with E-state index < -0.39 is 11.5 Å². The molecule has 13 heavy (non-hydrogen) atoms. The van der Waals surface area contributed by atoms with Crippen molar-refractivity contribution in [3.8, 4) is 6.07 Å². The second-order valence-electron chi connectivity index (χ2n) is 4.11. The first-order valence-electron chi connectivity index (χ1n) is 4.79. The maximum Gasteiger partial charge on any atom is 0.107 e. The van der Waals surface area contributed by atoms with Crippen molar-refractivity contribution < 1.29 is 9.84 Å². The summed E-state index contributed by atoms with van der Waals surface area (Å²) in [7, 11) is 0. The molecule has 2 atom stereocenters. The van der Waals surface area contributed by atoms with Gasteiger partial charge in [0.2, 0.25) is 0 Å². The first-order chi connectivity index (χ1) is 6.12. The summed E-state index contributed by atoms with van der Waals surface area (Å²) >= 11 is 0. The molecule has 3 heteroatoms. The molecule has 1 N–H and O–H groups in total. The second-order valence-corrected chi connectivity index (χ2v) is 4.11. The van der Waals surface area contributed by atoms with Gasteiger partial charge in [-0.3, -0.25) is 0 Å². The van der Waals surface area contributed by atoms with E-state index in [4.69, 9.17) is 10.00 Å². The molecule has 0 aromatic carbocycles. The van der Waals surface area contributed by atoms with Gasteiger partial charge in [0.1, 0.15) is 5.41 Å². The Morgan fingerprint density at radius 2 is 2.23 bits per heavy atom. The molecule has 1 rings (SSSR count). The molecule has 0 radical (unpaired) electrons. The van der Waals surface area contributed by atoms with Gasteiger partial charge in [-0.2, -0.15) is 5.26 Å². The summed E-state index contributed by atoms with van der Waals surface area (Å²) in [5.41, 5.74) is -0.660. The molecule has 0 aromatic rings. The molecule has 0 aliphatic carbocycles. The molecule has 74 valence electrons. The van der Waals surface area contributed by atoms with Crippen LogP contribution in [0.4, 0.5) is 0 Å². The lowest BCUT2D eigenvalue weighted by atomic mass is 9.75. The van der Waals surface area contributed by atoms with Crippen LogP contribution in [-0.2, 0) is 4.74 Å². The van der Waals surface area contributed by atoms with Gasteiger partial charge in [0.05, 0.1) is 18.8 Å². The van der Waals surface area contributed by atoms with Crippen molar-refractivity contribution in [1.29, 1.82) is 5.26 Å². The van der Waals surface area contributed by atoms with Gasteiger partial charge in [-0.25, -0.2) is 0 Å².